The largest absolute Gasteiger partial charge is 0.360 e. The highest BCUT2D eigenvalue weighted by atomic mass is 32.2. The summed E-state index contributed by atoms with van der Waals surface area (Å²) in [7, 11) is -3.47. The molecule has 19 heavy (non-hydrogen) atoms. The van der Waals surface area contributed by atoms with E-state index in [2.05, 4.69) is 17.4 Å². The SMILES string of the molecule is CCNC1CCN(S(=O)(=O)c2c(C)noc2C)CC1. The lowest BCUT2D eigenvalue weighted by Crippen LogP contribution is -2.44. The summed E-state index contributed by atoms with van der Waals surface area (Å²) in [6, 6.07) is 0.418. The average molecular weight is 287 g/mol. The first-order chi connectivity index (χ1) is 8.96. The first-order valence-electron chi connectivity index (χ1n) is 6.63. The van der Waals surface area contributed by atoms with Crippen LogP contribution in [0.25, 0.3) is 0 Å². The molecule has 0 saturated carbocycles. The predicted molar refractivity (Wildman–Crippen MR) is 71.4 cm³/mol. The van der Waals surface area contributed by atoms with Crippen LogP contribution in [0.15, 0.2) is 9.42 Å². The molecule has 6 nitrogen and oxygen atoms in total. The number of hydrogen-bond acceptors (Lipinski definition) is 5. The van der Waals surface area contributed by atoms with E-state index in [1.165, 1.54) is 4.31 Å². The van der Waals surface area contributed by atoms with Crippen molar-refractivity contribution in [3.8, 4) is 0 Å². The van der Waals surface area contributed by atoms with Gasteiger partial charge in [0.1, 0.15) is 10.6 Å². The van der Waals surface area contributed by atoms with E-state index in [0.29, 0.717) is 30.6 Å². The highest BCUT2D eigenvalue weighted by Gasteiger charge is 2.33. The molecule has 1 saturated heterocycles. The van der Waals surface area contributed by atoms with E-state index in [4.69, 9.17) is 4.52 Å². The maximum absolute atomic E-state index is 12.6. The molecule has 7 heteroatoms. The number of nitrogens with zero attached hydrogens (tertiary/aromatic N) is 2. The summed E-state index contributed by atoms with van der Waals surface area (Å²) < 4.78 is 31.6. The van der Waals surface area contributed by atoms with Crippen molar-refractivity contribution in [2.45, 2.75) is 44.6 Å². The summed E-state index contributed by atoms with van der Waals surface area (Å²) in [5, 5.41) is 7.09. The van der Waals surface area contributed by atoms with Gasteiger partial charge in [0.2, 0.25) is 10.0 Å². The van der Waals surface area contributed by atoms with Gasteiger partial charge in [-0.05, 0) is 33.2 Å². The van der Waals surface area contributed by atoms with Gasteiger partial charge in [-0.3, -0.25) is 0 Å². The van der Waals surface area contributed by atoms with Crippen molar-refractivity contribution < 1.29 is 12.9 Å². The highest BCUT2D eigenvalue weighted by Crippen LogP contribution is 2.25. The van der Waals surface area contributed by atoms with Gasteiger partial charge in [0, 0.05) is 19.1 Å². The molecule has 0 amide bonds. The fourth-order valence-electron chi connectivity index (χ4n) is 2.56. The number of nitrogens with one attached hydrogen (secondary N) is 1. The van der Waals surface area contributed by atoms with Crippen molar-refractivity contribution in [2.75, 3.05) is 19.6 Å². The molecule has 1 aliphatic rings. The van der Waals surface area contributed by atoms with Crippen LogP contribution in [0.3, 0.4) is 0 Å². The van der Waals surface area contributed by atoms with E-state index in [1.807, 2.05) is 0 Å². The number of aryl methyl sites for hydroxylation is 2. The Bertz CT molecular complexity index is 511. The summed E-state index contributed by atoms with van der Waals surface area (Å²) in [5.41, 5.74) is 0.436. The third-order valence-electron chi connectivity index (χ3n) is 3.51. The van der Waals surface area contributed by atoms with E-state index in [9.17, 15) is 8.42 Å². The minimum absolute atomic E-state index is 0.231. The third-order valence-corrected chi connectivity index (χ3v) is 5.66. The Hall–Kier alpha value is -0.920. The Balaban J connectivity index is 2.15. The van der Waals surface area contributed by atoms with Gasteiger partial charge in [0.05, 0.1) is 0 Å². The van der Waals surface area contributed by atoms with Gasteiger partial charge < -0.3 is 9.84 Å². The molecule has 2 heterocycles. The minimum atomic E-state index is -3.47. The topological polar surface area (TPSA) is 75.4 Å². The first kappa shape index (κ1) is 14.5. The Kier molecular flexibility index (Phi) is 4.27. The van der Waals surface area contributed by atoms with E-state index in [-0.39, 0.29) is 4.90 Å². The molecule has 0 aromatic carbocycles. The van der Waals surface area contributed by atoms with Gasteiger partial charge in [0.25, 0.3) is 0 Å². The second-order valence-corrected chi connectivity index (χ2v) is 6.76. The van der Waals surface area contributed by atoms with Crippen molar-refractivity contribution >= 4 is 10.0 Å². The Morgan fingerprint density at radius 1 is 1.37 bits per heavy atom. The number of rotatable bonds is 4. The molecule has 1 fully saturated rings. The molecule has 0 spiro atoms. The number of hydrogen-bond donors (Lipinski definition) is 1. The van der Waals surface area contributed by atoms with Crippen molar-refractivity contribution in [1.82, 2.24) is 14.8 Å². The molecular formula is C12H21N3O3S. The monoisotopic (exact) mass is 287 g/mol. The Morgan fingerprint density at radius 3 is 2.47 bits per heavy atom. The van der Waals surface area contributed by atoms with Gasteiger partial charge >= 0.3 is 0 Å². The minimum Gasteiger partial charge on any atom is -0.360 e. The van der Waals surface area contributed by atoms with Crippen molar-refractivity contribution in [1.29, 1.82) is 0 Å². The zero-order valence-electron chi connectivity index (χ0n) is 11.6. The van der Waals surface area contributed by atoms with Crippen LogP contribution in [0, 0.1) is 13.8 Å². The van der Waals surface area contributed by atoms with Crippen LogP contribution in [0.4, 0.5) is 0 Å². The summed E-state index contributed by atoms with van der Waals surface area (Å²) >= 11 is 0. The second kappa shape index (κ2) is 5.60. The van der Waals surface area contributed by atoms with Gasteiger partial charge in [-0.1, -0.05) is 12.1 Å². The number of sulfonamides is 1. The molecule has 1 aromatic rings. The molecule has 1 N–H and O–H groups in total. The zero-order valence-corrected chi connectivity index (χ0v) is 12.5. The maximum Gasteiger partial charge on any atom is 0.248 e. The normalized spacial score (nSPS) is 18.9. The zero-order chi connectivity index (χ0) is 14.0. The van der Waals surface area contributed by atoms with Crippen LogP contribution in [-0.2, 0) is 10.0 Å². The third kappa shape index (κ3) is 2.82. The fraction of sp³-hybridized carbons (Fsp3) is 0.750. The van der Waals surface area contributed by atoms with E-state index in [0.717, 1.165) is 19.4 Å². The molecule has 0 aliphatic carbocycles. The standard InChI is InChI=1S/C12H21N3O3S/c1-4-13-11-5-7-15(8-6-11)19(16,17)12-9(2)14-18-10(12)3/h11,13H,4-8H2,1-3H3. The van der Waals surface area contributed by atoms with Gasteiger partial charge in [-0.25, -0.2) is 8.42 Å². The van der Waals surface area contributed by atoms with E-state index >= 15 is 0 Å². The lowest BCUT2D eigenvalue weighted by atomic mass is 10.1. The quantitative estimate of drug-likeness (QED) is 0.896. The van der Waals surface area contributed by atoms with Crippen molar-refractivity contribution in [3.63, 3.8) is 0 Å². The smallest absolute Gasteiger partial charge is 0.248 e. The molecule has 2 rings (SSSR count). The molecule has 0 atom stereocenters. The maximum atomic E-state index is 12.6. The lowest BCUT2D eigenvalue weighted by Gasteiger charge is -2.31. The van der Waals surface area contributed by atoms with Crippen LogP contribution < -0.4 is 5.32 Å². The average Bonchev–Trinajstić information content (AvgIpc) is 2.70. The van der Waals surface area contributed by atoms with Crippen LogP contribution in [0.5, 0.6) is 0 Å². The van der Waals surface area contributed by atoms with E-state index in [1.54, 1.807) is 13.8 Å². The molecule has 108 valence electrons. The number of piperidine rings is 1. The predicted octanol–water partition coefficient (Wildman–Crippen LogP) is 1.05. The van der Waals surface area contributed by atoms with Gasteiger partial charge in [0.15, 0.2) is 5.76 Å². The molecular weight excluding hydrogens is 266 g/mol. The van der Waals surface area contributed by atoms with Gasteiger partial charge in [-0.15, -0.1) is 0 Å². The molecule has 1 aromatic heterocycles. The molecule has 0 bridgehead atoms. The van der Waals surface area contributed by atoms with Crippen LogP contribution in [0.2, 0.25) is 0 Å². The molecule has 0 radical (unpaired) electrons. The van der Waals surface area contributed by atoms with Crippen LogP contribution in [-0.4, -0.2) is 43.6 Å². The highest BCUT2D eigenvalue weighted by molar-refractivity contribution is 7.89. The Labute approximate surface area is 114 Å². The van der Waals surface area contributed by atoms with Gasteiger partial charge in [-0.2, -0.15) is 4.31 Å². The second-order valence-electron chi connectivity index (χ2n) is 4.89. The summed E-state index contributed by atoms with van der Waals surface area (Å²) in [6.07, 6.45) is 1.69. The Morgan fingerprint density at radius 2 is 2.00 bits per heavy atom. The van der Waals surface area contributed by atoms with E-state index < -0.39 is 10.0 Å². The first-order valence-corrected chi connectivity index (χ1v) is 8.07. The van der Waals surface area contributed by atoms with Crippen molar-refractivity contribution in [3.05, 3.63) is 11.5 Å². The fourth-order valence-corrected chi connectivity index (χ4v) is 4.32. The number of aromatic nitrogens is 1. The summed E-state index contributed by atoms with van der Waals surface area (Å²) in [6.45, 7) is 7.37. The van der Waals surface area contributed by atoms with Crippen LogP contribution >= 0.6 is 0 Å². The molecule has 1 aliphatic heterocycles. The lowest BCUT2D eigenvalue weighted by molar-refractivity contribution is 0.292. The summed E-state index contributed by atoms with van der Waals surface area (Å²) in [5.74, 6) is 0.367. The summed E-state index contributed by atoms with van der Waals surface area (Å²) in [4.78, 5) is 0.231. The van der Waals surface area contributed by atoms with Crippen molar-refractivity contribution in [2.24, 2.45) is 0 Å². The van der Waals surface area contributed by atoms with Crippen LogP contribution in [0.1, 0.15) is 31.2 Å². The molecule has 0 unspecified atom stereocenters.